The second-order valence-corrected chi connectivity index (χ2v) is 4.75. The Hall–Kier alpha value is -2.88. The minimum atomic E-state index is -0.244. The highest BCUT2D eigenvalue weighted by Crippen LogP contribution is 2.21. The minimum Gasteiger partial charge on any atom is -0.337 e. The number of nitrogens with zero attached hydrogens (tertiary/aromatic N) is 1. The van der Waals surface area contributed by atoms with E-state index in [1.54, 1.807) is 0 Å². The number of para-hydroxylation sites is 1. The summed E-state index contributed by atoms with van der Waals surface area (Å²) < 4.78 is 0. The average Bonchev–Trinajstić information content (AvgIpc) is 2.91. The second kappa shape index (κ2) is 5.63. The number of carbonyl (C=O) groups is 1. The number of H-pyrrole nitrogens is 1. The van der Waals surface area contributed by atoms with Gasteiger partial charge in [-0.2, -0.15) is 0 Å². The Bertz CT molecular complexity index is 748. The molecule has 0 saturated carbocycles. The molecule has 0 radical (unpaired) electrons. The van der Waals surface area contributed by atoms with E-state index in [1.807, 2.05) is 67.6 Å². The predicted molar refractivity (Wildman–Crippen MR) is 83.2 cm³/mol. The molecule has 0 saturated heterocycles. The molecule has 0 atom stereocenters. The number of nitrogens with one attached hydrogen (secondary N) is 2. The fraction of sp³-hybridized carbons (Fsp3) is 0.0588. The zero-order valence-corrected chi connectivity index (χ0v) is 11.6. The smallest absolute Gasteiger partial charge is 0.291 e. The summed E-state index contributed by atoms with van der Waals surface area (Å²) in [7, 11) is 0. The minimum absolute atomic E-state index is 0.244. The molecule has 0 spiro atoms. The van der Waals surface area contributed by atoms with Crippen LogP contribution >= 0.6 is 0 Å². The lowest BCUT2D eigenvalue weighted by Gasteiger charge is -2.01. The molecule has 0 fully saturated rings. The van der Waals surface area contributed by atoms with E-state index in [1.165, 1.54) is 0 Å². The van der Waals surface area contributed by atoms with Crippen LogP contribution in [-0.2, 0) is 0 Å². The molecule has 4 nitrogen and oxygen atoms in total. The van der Waals surface area contributed by atoms with Crippen molar-refractivity contribution in [1.29, 1.82) is 0 Å². The molecular weight excluding hydrogens is 262 g/mol. The van der Waals surface area contributed by atoms with E-state index >= 15 is 0 Å². The van der Waals surface area contributed by atoms with Gasteiger partial charge in [-0.25, -0.2) is 4.98 Å². The van der Waals surface area contributed by atoms with Gasteiger partial charge in [0.15, 0.2) is 5.82 Å². The SMILES string of the molecule is Cc1[nH]c(C(=O)Nc2ccccc2)nc1-c1ccccc1. The van der Waals surface area contributed by atoms with Crippen molar-refractivity contribution in [2.75, 3.05) is 5.32 Å². The largest absolute Gasteiger partial charge is 0.337 e. The lowest BCUT2D eigenvalue weighted by atomic mass is 10.1. The maximum atomic E-state index is 12.2. The highest BCUT2D eigenvalue weighted by atomic mass is 16.2. The van der Waals surface area contributed by atoms with Crippen molar-refractivity contribution < 1.29 is 4.79 Å². The Morgan fingerprint density at radius 1 is 1.00 bits per heavy atom. The van der Waals surface area contributed by atoms with Crippen LogP contribution in [0.3, 0.4) is 0 Å². The molecule has 3 rings (SSSR count). The number of rotatable bonds is 3. The number of anilines is 1. The Morgan fingerprint density at radius 3 is 2.29 bits per heavy atom. The highest BCUT2D eigenvalue weighted by Gasteiger charge is 2.14. The van der Waals surface area contributed by atoms with Gasteiger partial charge in [0.25, 0.3) is 5.91 Å². The molecule has 0 aliphatic heterocycles. The quantitative estimate of drug-likeness (QED) is 0.768. The molecule has 3 aromatic rings. The van der Waals surface area contributed by atoms with Gasteiger partial charge < -0.3 is 10.3 Å². The molecule has 0 aliphatic rings. The molecule has 1 aromatic heterocycles. The van der Waals surface area contributed by atoms with Crippen LogP contribution < -0.4 is 5.32 Å². The van der Waals surface area contributed by atoms with Crippen molar-refractivity contribution in [2.45, 2.75) is 6.92 Å². The van der Waals surface area contributed by atoms with Crippen molar-refractivity contribution in [3.8, 4) is 11.3 Å². The number of aromatic amines is 1. The van der Waals surface area contributed by atoms with E-state index in [0.29, 0.717) is 5.82 Å². The Kier molecular flexibility index (Phi) is 3.51. The number of hydrogen-bond donors (Lipinski definition) is 2. The lowest BCUT2D eigenvalue weighted by Crippen LogP contribution is -2.13. The molecule has 4 heteroatoms. The number of aryl methyl sites for hydroxylation is 1. The maximum absolute atomic E-state index is 12.2. The first-order valence-electron chi connectivity index (χ1n) is 6.72. The van der Waals surface area contributed by atoms with Gasteiger partial charge in [0, 0.05) is 16.9 Å². The fourth-order valence-electron chi connectivity index (χ4n) is 2.16. The third kappa shape index (κ3) is 2.84. The van der Waals surface area contributed by atoms with Crippen LogP contribution in [0.15, 0.2) is 60.7 Å². The highest BCUT2D eigenvalue weighted by molar-refractivity contribution is 6.02. The summed E-state index contributed by atoms with van der Waals surface area (Å²) in [5.74, 6) is 0.0710. The fourth-order valence-corrected chi connectivity index (χ4v) is 2.16. The molecular formula is C17H15N3O. The van der Waals surface area contributed by atoms with Crippen LogP contribution in [0.2, 0.25) is 0 Å². The van der Waals surface area contributed by atoms with E-state index in [9.17, 15) is 4.79 Å². The zero-order chi connectivity index (χ0) is 14.7. The summed E-state index contributed by atoms with van der Waals surface area (Å²) in [6.07, 6.45) is 0. The average molecular weight is 277 g/mol. The Labute approximate surface area is 122 Å². The van der Waals surface area contributed by atoms with Gasteiger partial charge >= 0.3 is 0 Å². The molecule has 1 amide bonds. The number of aromatic nitrogens is 2. The molecule has 0 bridgehead atoms. The number of hydrogen-bond acceptors (Lipinski definition) is 2. The van der Waals surface area contributed by atoms with Gasteiger partial charge in [-0.05, 0) is 19.1 Å². The van der Waals surface area contributed by atoms with Gasteiger partial charge in [-0.15, -0.1) is 0 Å². The normalized spacial score (nSPS) is 10.3. The first kappa shape index (κ1) is 13.1. The van der Waals surface area contributed by atoms with Gasteiger partial charge in [-0.1, -0.05) is 48.5 Å². The first-order chi connectivity index (χ1) is 10.2. The van der Waals surface area contributed by atoms with Crippen molar-refractivity contribution in [3.05, 3.63) is 72.2 Å². The summed E-state index contributed by atoms with van der Waals surface area (Å²) in [5, 5.41) is 2.82. The van der Waals surface area contributed by atoms with E-state index < -0.39 is 0 Å². The van der Waals surface area contributed by atoms with Crippen LogP contribution in [0.1, 0.15) is 16.3 Å². The summed E-state index contributed by atoms with van der Waals surface area (Å²) in [6.45, 7) is 1.91. The molecule has 2 aromatic carbocycles. The zero-order valence-electron chi connectivity index (χ0n) is 11.6. The molecule has 104 valence electrons. The number of imidazole rings is 1. The topological polar surface area (TPSA) is 57.8 Å². The van der Waals surface area contributed by atoms with E-state index in [0.717, 1.165) is 22.6 Å². The predicted octanol–water partition coefficient (Wildman–Crippen LogP) is 3.64. The van der Waals surface area contributed by atoms with E-state index in [-0.39, 0.29) is 5.91 Å². The van der Waals surface area contributed by atoms with Gasteiger partial charge in [-0.3, -0.25) is 4.79 Å². The second-order valence-electron chi connectivity index (χ2n) is 4.75. The Morgan fingerprint density at radius 2 is 1.62 bits per heavy atom. The molecule has 0 aliphatic carbocycles. The van der Waals surface area contributed by atoms with Crippen LogP contribution in [0.4, 0.5) is 5.69 Å². The monoisotopic (exact) mass is 277 g/mol. The number of benzene rings is 2. The summed E-state index contributed by atoms with van der Waals surface area (Å²) in [6, 6.07) is 19.1. The van der Waals surface area contributed by atoms with Crippen molar-refractivity contribution in [1.82, 2.24) is 9.97 Å². The molecule has 2 N–H and O–H groups in total. The summed E-state index contributed by atoms with van der Waals surface area (Å²) >= 11 is 0. The number of amides is 1. The molecule has 1 heterocycles. The van der Waals surface area contributed by atoms with Crippen LogP contribution in [-0.4, -0.2) is 15.9 Å². The standard InChI is InChI=1S/C17H15N3O/c1-12-15(13-8-4-2-5-9-13)20-16(18-12)17(21)19-14-10-6-3-7-11-14/h2-11H,1H3,(H,18,20)(H,19,21). The summed E-state index contributed by atoms with van der Waals surface area (Å²) in [4.78, 5) is 19.7. The van der Waals surface area contributed by atoms with Crippen LogP contribution in [0, 0.1) is 6.92 Å². The van der Waals surface area contributed by atoms with Gasteiger partial charge in [0.05, 0.1) is 5.69 Å². The van der Waals surface area contributed by atoms with E-state index in [2.05, 4.69) is 15.3 Å². The first-order valence-corrected chi connectivity index (χ1v) is 6.72. The summed E-state index contributed by atoms with van der Waals surface area (Å²) in [5.41, 5.74) is 3.41. The van der Waals surface area contributed by atoms with Crippen LogP contribution in [0.25, 0.3) is 11.3 Å². The molecule has 21 heavy (non-hydrogen) atoms. The third-order valence-electron chi connectivity index (χ3n) is 3.18. The maximum Gasteiger partial charge on any atom is 0.291 e. The van der Waals surface area contributed by atoms with Crippen LogP contribution in [0.5, 0.6) is 0 Å². The molecule has 0 unspecified atom stereocenters. The van der Waals surface area contributed by atoms with Crippen molar-refractivity contribution in [2.24, 2.45) is 0 Å². The Balaban J connectivity index is 1.86. The van der Waals surface area contributed by atoms with Gasteiger partial charge in [0.2, 0.25) is 0 Å². The van der Waals surface area contributed by atoms with Crippen molar-refractivity contribution in [3.63, 3.8) is 0 Å². The van der Waals surface area contributed by atoms with E-state index in [4.69, 9.17) is 0 Å². The third-order valence-corrected chi connectivity index (χ3v) is 3.18. The number of carbonyl (C=O) groups excluding carboxylic acids is 1. The lowest BCUT2D eigenvalue weighted by molar-refractivity contribution is 0.101. The van der Waals surface area contributed by atoms with Gasteiger partial charge in [0.1, 0.15) is 0 Å². The van der Waals surface area contributed by atoms with Crippen molar-refractivity contribution >= 4 is 11.6 Å².